The summed E-state index contributed by atoms with van der Waals surface area (Å²) >= 11 is 1.26. The van der Waals surface area contributed by atoms with Gasteiger partial charge in [-0.1, -0.05) is 62.9 Å². The topological polar surface area (TPSA) is 86.3 Å². The number of hydrogen-bond donors (Lipinski definition) is 1. The predicted molar refractivity (Wildman–Crippen MR) is 129 cm³/mol. The van der Waals surface area contributed by atoms with Gasteiger partial charge in [-0.15, -0.1) is 10.2 Å². The Labute approximate surface area is 193 Å². The van der Waals surface area contributed by atoms with Crippen LogP contribution in [0.15, 0.2) is 59.8 Å². The van der Waals surface area contributed by atoms with Crippen LogP contribution < -0.4 is 15.5 Å². The number of rotatable bonds is 8. The fourth-order valence-electron chi connectivity index (χ4n) is 3.22. The minimum atomic E-state index is -0.0176. The molecule has 8 heteroatoms. The minimum Gasteiger partial charge on any atom is -0.486 e. The normalized spacial score (nSPS) is 11.6. The van der Waals surface area contributed by atoms with E-state index in [0.29, 0.717) is 11.0 Å². The van der Waals surface area contributed by atoms with Crippen molar-refractivity contribution < 1.29 is 9.53 Å². The lowest BCUT2D eigenvalue weighted by Gasteiger charge is -2.26. The van der Waals surface area contributed by atoms with Gasteiger partial charge in [0.1, 0.15) is 12.4 Å². The molecule has 0 radical (unpaired) electrons. The number of amides is 1. The highest BCUT2D eigenvalue weighted by atomic mass is 32.2. The van der Waals surface area contributed by atoms with E-state index in [1.165, 1.54) is 22.0 Å². The highest BCUT2D eigenvalue weighted by Crippen LogP contribution is 2.25. The predicted octanol–water partition coefficient (Wildman–Crippen LogP) is 4.40. The van der Waals surface area contributed by atoms with Gasteiger partial charge in [-0.25, -0.2) is 4.68 Å². The van der Waals surface area contributed by atoms with Crippen molar-refractivity contribution in [1.29, 1.82) is 0 Å². The molecule has 170 valence electrons. The van der Waals surface area contributed by atoms with Gasteiger partial charge in [0.05, 0.1) is 5.75 Å². The van der Waals surface area contributed by atoms with Crippen LogP contribution in [0.4, 0.5) is 5.69 Å². The van der Waals surface area contributed by atoms with Gasteiger partial charge in [0.2, 0.25) is 11.1 Å². The first kappa shape index (κ1) is 23.7. The van der Waals surface area contributed by atoms with Gasteiger partial charge in [-0.2, -0.15) is 0 Å². The number of carbonyl (C=O) groups excluding carboxylic acids is 1. The SMILES string of the molecule is CC(C)N(C(=O)CSc1nnc(COc2ccc(C(C)(C)C)cc2)n1N)c1ccccc1. The zero-order valence-corrected chi connectivity index (χ0v) is 20.1. The summed E-state index contributed by atoms with van der Waals surface area (Å²) in [6.45, 7) is 10.7. The number of para-hydroxylation sites is 1. The van der Waals surface area contributed by atoms with Crippen LogP contribution in [0.25, 0.3) is 0 Å². The molecule has 0 saturated heterocycles. The molecule has 3 aromatic rings. The molecule has 1 amide bonds. The Balaban J connectivity index is 1.59. The van der Waals surface area contributed by atoms with Gasteiger partial charge in [0.25, 0.3) is 0 Å². The van der Waals surface area contributed by atoms with E-state index in [1.54, 1.807) is 4.90 Å². The van der Waals surface area contributed by atoms with Crippen molar-refractivity contribution in [2.75, 3.05) is 16.5 Å². The Morgan fingerprint density at radius 1 is 1.09 bits per heavy atom. The van der Waals surface area contributed by atoms with Crippen LogP contribution in [0, 0.1) is 0 Å². The first-order valence-electron chi connectivity index (χ1n) is 10.6. The highest BCUT2D eigenvalue weighted by molar-refractivity contribution is 7.99. The maximum atomic E-state index is 12.9. The largest absolute Gasteiger partial charge is 0.486 e. The Hall–Kier alpha value is -3.00. The van der Waals surface area contributed by atoms with Crippen molar-refractivity contribution >= 4 is 23.4 Å². The van der Waals surface area contributed by atoms with Crippen molar-refractivity contribution in [3.8, 4) is 5.75 Å². The fourth-order valence-corrected chi connectivity index (χ4v) is 3.95. The lowest BCUT2D eigenvalue weighted by Crippen LogP contribution is -2.38. The monoisotopic (exact) mass is 453 g/mol. The van der Waals surface area contributed by atoms with Crippen molar-refractivity contribution in [2.24, 2.45) is 0 Å². The van der Waals surface area contributed by atoms with Crippen LogP contribution in [0.2, 0.25) is 0 Å². The smallest absolute Gasteiger partial charge is 0.237 e. The Bertz CT molecular complexity index is 1030. The number of nitrogens with two attached hydrogens (primary N) is 1. The van der Waals surface area contributed by atoms with Crippen molar-refractivity contribution in [2.45, 2.75) is 57.8 Å². The van der Waals surface area contributed by atoms with E-state index in [2.05, 4.69) is 43.1 Å². The van der Waals surface area contributed by atoms with E-state index in [0.717, 1.165) is 11.4 Å². The summed E-state index contributed by atoms with van der Waals surface area (Å²) in [4.78, 5) is 14.6. The first-order valence-corrected chi connectivity index (χ1v) is 11.6. The number of thioether (sulfide) groups is 1. The summed E-state index contributed by atoms with van der Waals surface area (Å²) in [5, 5.41) is 8.71. The molecule has 1 aromatic heterocycles. The summed E-state index contributed by atoms with van der Waals surface area (Å²) in [7, 11) is 0. The molecule has 0 aliphatic heterocycles. The minimum absolute atomic E-state index is 0.0176. The zero-order chi connectivity index (χ0) is 23.3. The van der Waals surface area contributed by atoms with E-state index in [1.807, 2.05) is 56.3 Å². The number of benzene rings is 2. The van der Waals surface area contributed by atoms with Gasteiger partial charge < -0.3 is 15.5 Å². The van der Waals surface area contributed by atoms with Crippen LogP contribution >= 0.6 is 11.8 Å². The van der Waals surface area contributed by atoms with Crippen LogP contribution in [0.3, 0.4) is 0 Å². The van der Waals surface area contributed by atoms with Gasteiger partial charge >= 0.3 is 0 Å². The maximum absolute atomic E-state index is 12.9. The second-order valence-corrected chi connectivity index (χ2v) is 9.76. The summed E-state index contributed by atoms with van der Waals surface area (Å²) in [5.41, 5.74) is 2.19. The van der Waals surface area contributed by atoms with Crippen molar-refractivity contribution in [3.05, 3.63) is 66.0 Å². The lowest BCUT2D eigenvalue weighted by molar-refractivity contribution is -0.116. The van der Waals surface area contributed by atoms with Crippen LogP contribution in [0.5, 0.6) is 5.75 Å². The third-order valence-electron chi connectivity index (χ3n) is 4.97. The van der Waals surface area contributed by atoms with Gasteiger partial charge in [0, 0.05) is 11.7 Å². The molecule has 0 saturated carbocycles. The molecule has 0 bridgehead atoms. The molecule has 7 nitrogen and oxygen atoms in total. The molecule has 32 heavy (non-hydrogen) atoms. The molecular weight excluding hydrogens is 422 g/mol. The number of ether oxygens (including phenoxy) is 1. The second-order valence-electron chi connectivity index (χ2n) is 8.81. The Kier molecular flexibility index (Phi) is 7.45. The highest BCUT2D eigenvalue weighted by Gasteiger charge is 2.21. The van der Waals surface area contributed by atoms with Gasteiger partial charge in [-0.3, -0.25) is 4.79 Å². The van der Waals surface area contributed by atoms with E-state index < -0.39 is 0 Å². The first-order chi connectivity index (χ1) is 15.2. The van der Waals surface area contributed by atoms with E-state index in [4.69, 9.17) is 10.6 Å². The number of carbonyl (C=O) groups is 1. The Morgan fingerprint density at radius 2 is 1.75 bits per heavy atom. The third kappa shape index (κ3) is 5.82. The molecule has 2 N–H and O–H groups in total. The average Bonchev–Trinajstić information content (AvgIpc) is 3.10. The second kappa shape index (κ2) is 10.1. The van der Waals surface area contributed by atoms with Crippen LogP contribution in [-0.4, -0.2) is 32.6 Å². The van der Waals surface area contributed by atoms with Crippen molar-refractivity contribution in [3.63, 3.8) is 0 Å². The Morgan fingerprint density at radius 3 is 2.34 bits per heavy atom. The standard InChI is InChI=1S/C24H31N5O2S/c1-17(2)28(19-9-7-6-8-10-19)22(30)16-32-23-27-26-21(29(23)25)15-31-20-13-11-18(12-14-20)24(3,4)5/h6-14,17H,15-16,25H2,1-5H3. The molecular formula is C24H31N5O2S. The lowest BCUT2D eigenvalue weighted by atomic mass is 9.87. The molecule has 1 heterocycles. The third-order valence-corrected chi connectivity index (χ3v) is 5.90. The molecule has 0 aliphatic rings. The zero-order valence-electron chi connectivity index (χ0n) is 19.3. The maximum Gasteiger partial charge on any atom is 0.237 e. The van der Waals surface area contributed by atoms with Crippen LogP contribution in [-0.2, 0) is 16.8 Å². The summed E-state index contributed by atoms with van der Waals surface area (Å²) in [5.74, 6) is 7.56. The molecule has 2 aromatic carbocycles. The summed E-state index contributed by atoms with van der Waals surface area (Å²) in [6, 6.07) is 17.7. The van der Waals surface area contributed by atoms with E-state index in [9.17, 15) is 4.79 Å². The molecule has 0 atom stereocenters. The molecule has 0 spiro atoms. The van der Waals surface area contributed by atoms with E-state index in [-0.39, 0.29) is 29.7 Å². The molecule has 0 aliphatic carbocycles. The van der Waals surface area contributed by atoms with Crippen LogP contribution in [0.1, 0.15) is 46.0 Å². The van der Waals surface area contributed by atoms with Crippen molar-refractivity contribution in [1.82, 2.24) is 14.9 Å². The number of anilines is 1. The summed E-state index contributed by atoms with van der Waals surface area (Å²) in [6.07, 6.45) is 0. The average molecular weight is 454 g/mol. The molecule has 0 unspecified atom stereocenters. The number of nitrogens with zero attached hydrogens (tertiary/aromatic N) is 4. The van der Waals surface area contributed by atoms with Gasteiger partial charge in [0.15, 0.2) is 5.82 Å². The number of nitrogen functional groups attached to an aromatic ring is 1. The quantitative estimate of drug-likeness (QED) is 0.402. The van der Waals surface area contributed by atoms with E-state index >= 15 is 0 Å². The molecule has 0 fully saturated rings. The number of hydrogen-bond acceptors (Lipinski definition) is 6. The molecule has 3 rings (SSSR count). The summed E-state index contributed by atoms with van der Waals surface area (Å²) < 4.78 is 7.20. The fraction of sp³-hybridized carbons (Fsp3) is 0.375. The number of aromatic nitrogens is 3. The van der Waals surface area contributed by atoms with Gasteiger partial charge in [-0.05, 0) is 49.1 Å².